The zero-order chi connectivity index (χ0) is 25.6. The predicted molar refractivity (Wildman–Crippen MR) is 132 cm³/mol. The van der Waals surface area contributed by atoms with Crippen LogP contribution in [0.15, 0.2) is 75.8 Å². The van der Waals surface area contributed by atoms with Crippen molar-refractivity contribution in [3.8, 4) is 5.75 Å². The van der Waals surface area contributed by atoms with Crippen molar-refractivity contribution in [2.24, 2.45) is 10.2 Å². The number of nitro groups is 1. The molecule has 0 saturated carbocycles. The number of aryl methyl sites for hydroxylation is 1. The highest BCUT2D eigenvalue weighted by Gasteiger charge is 2.12. The second-order valence-electron chi connectivity index (χ2n) is 7.40. The highest BCUT2D eigenvalue weighted by Crippen LogP contribution is 2.32. The van der Waals surface area contributed by atoms with E-state index in [-0.39, 0.29) is 10.7 Å². The molecule has 184 valence electrons. The Morgan fingerprint density at radius 3 is 2.29 bits per heavy atom. The highest BCUT2D eigenvalue weighted by molar-refractivity contribution is 7.86. The molecule has 0 N–H and O–H groups in total. The number of anilines is 1. The van der Waals surface area contributed by atoms with E-state index in [4.69, 9.17) is 16.3 Å². The molecule has 0 radical (unpaired) electrons. The number of ether oxygens (including phenoxy) is 1. The van der Waals surface area contributed by atoms with Crippen molar-refractivity contribution < 1.29 is 22.0 Å². The van der Waals surface area contributed by atoms with Crippen LogP contribution in [0, 0.1) is 17.0 Å². The van der Waals surface area contributed by atoms with Crippen molar-refractivity contribution in [3.63, 3.8) is 0 Å². The van der Waals surface area contributed by atoms with Gasteiger partial charge in [-0.1, -0.05) is 11.6 Å². The van der Waals surface area contributed by atoms with Gasteiger partial charge in [0.15, 0.2) is 0 Å². The number of benzene rings is 3. The van der Waals surface area contributed by atoms with Crippen molar-refractivity contribution in [1.29, 1.82) is 0 Å². The third kappa shape index (κ3) is 6.96. The molecule has 0 bridgehead atoms. The summed E-state index contributed by atoms with van der Waals surface area (Å²) in [4.78, 5) is 12.0. The summed E-state index contributed by atoms with van der Waals surface area (Å²) in [6, 6.07) is 14.8. The van der Waals surface area contributed by atoms with E-state index in [2.05, 4.69) is 15.1 Å². The molecule has 0 aromatic heterocycles. The molecule has 0 saturated heterocycles. The number of rotatable bonds is 10. The van der Waals surface area contributed by atoms with Crippen LogP contribution in [-0.2, 0) is 10.2 Å². The van der Waals surface area contributed by atoms with E-state index in [1.165, 1.54) is 30.3 Å². The second kappa shape index (κ2) is 11.2. The van der Waals surface area contributed by atoms with E-state index in [0.29, 0.717) is 36.8 Å². The summed E-state index contributed by atoms with van der Waals surface area (Å²) in [7, 11) is -4.74. The number of azo groups is 1. The maximum absolute atomic E-state index is 13.0. The molecule has 0 aliphatic heterocycles. The molecule has 12 heteroatoms. The van der Waals surface area contributed by atoms with E-state index in [9.17, 15) is 22.4 Å². The van der Waals surface area contributed by atoms with Crippen LogP contribution in [0.1, 0.15) is 12.5 Å². The van der Waals surface area contributed by atoms with Gasteiger partial charge in [-0.3, -0.25) is 10.1 Å². The lowest BCUT2D eigenvalue weighted by Crippen LogP contribution is -2.28. The molecule has 9 nitrogen and oxygen atoms in total. The summed E-state index contributed by atoms with van der Waals surface area (Å²) >= 11 is 6.07. The molecule has 0 amide bonds. The van der Waals surface area contributed by atoms with Gasteiger partial charge in [0, 0.05) is 24.4 Å². The number of halogens is 2. The van der Waals surface area contributed by atoms with Crippen LogP contribution in [-0.4, -0.2) is 33.0 Å². The summed E-state index contributed by atoms with van der Waals surface area (Å²) in [5, 5.41) is 19.3. The lowest BCUT2D eigenvalue weighted by molar-refractivity contribution is -0.384. The molecule has 0 aliphatic carbocycles. The molecule has 0 spiro atoms. The van der Waals surface area contributed by atoms with Gasteiger partial charge in [0.1, 0.15) is 18.0 Å². The fourth-order valence-corrected chi connectivity index (χ4v) is 3.86. The predicted octanol–water partition coefficient (Wildman–Crippen LogP) is 6.54. The molecule has 0 fully saturated rings. The van der Waals surface area contributed by atoms with Crippen LogP contribution < -0.4 is 9.64 Å². The second-order valence-corrected chi connectivity index (χ2v) is 9.16. The van der Waals surface area contributed by atoms with Gasteiger partial charge in [0.2, 0.25) is 0 Å². The Balaban J connectivity index is 1.64. The Kier molecular flexibility index (Phi) is 8.36. The first-order chi connectivity index (χ1) is 16.6. The van der Waals surface area contributed by atoms with Crippen LogP contribution in [0.3, 0.4) is 0 Å². The van der Waals surface area contributed by atoms with Crippen LogP contribution >= 0.6 is 11.6 Å². The SMILES string of the molecule is CCN(CCOc1ccc(S(=O)(=O)F)cc1)c1ccc(N=Nc2ccc([N+](=O)[O-])cc2Cl)c(C)c1. The minimum atomic E-state index is -4.74. The molecular formula is C23H22ClFN4O5S. The number of hydrogen-bond donors (Lipinski definition) is 0. The first kappa shape index (κ1) is 26.0. The van der Waals surface area contributed by atoms with E-state index in [1.807, 2.05) is 32.0 Å². The van der Waals surface area contributed by atoms with Crippen molar-refractivity contribution in [3.05, 3.63) is 81.4 Å². The van der Waals surface area contributed by atoms with Gasteiger partial charge in [-0.15, -0.1) is 9.00 Å². The molecule has 0 atom stereocenters. The highest BCUT2D eigenvalue weighted by atomic mass is 35.5. The number of hydrogen-bond acceptors (Lipinski definition) is 8. The summed E-state index contributed by atoms with van der Waals surface area (Å²) in [5.41, 5.74) is 2.64. The minimum absolute atomic E-state index is 0.122. The molecule has 3 rings (SSSR count). The van der Waals surface area contributed by atoms with Crippen molar-refractivity contribution in [1.82, 2.24) is 0 Å². The molecule has 3 aromatic carbocycles. The molecule has 3 aromatic rings. The zero-order valence-electron chi connectivity index (χ0n) is 18.9. The van der Waals surface area contributed by atoms with Gasteiger partial charge in [0.25, 0.3) is 5.69 Å². The van der Waals surface area contributed by atoms with Crippen molar-refractivity contribution in [2.75, 3.05) is 24.6 Å². The maximum atomic E-state index is 13.0. The standard InChI is InChI=1S/C23H22ClFN4O5S/c1-3-28(12-13-34-19-6-8-20(9-7-19)35(25,32)33)17-4-10-22(16(2)14-17)26-27-23-11-5-18(29(30)31)15-21(23)24/h4-11,14-15H,3,12-13H2,1-2H3. The third-order valence-electron chi connectivity index (χ3n) is 5.07. The largest absolute Gasteiger partial charge is 0.492 e. The Bertz CT molecular complexity index is 1350. The van der Waals surface area contributed by atoms with E-state index in [1.54, 1.807) is 0 Å². The number of nitro benzene ring substituents is 1. The Hall–Kier alpha value is -3.57. The average molecular weight is 521 g/mol. The summed E-state index contributed by atoms with van der Waals surface area (Å²) in [5.74, 6) is 0.435. The van der Waals surface area contributed by atoms with Crippen LogP contribution in [0.25, 0.3) is 0 Å². The van der Waals surface area contributed by atoms with Gasteiger partial charge < -0.3 is 9.64 Å². The van der Waals surface area contributed by atoms with E-state index in [0.717, 1.165) is 23.4 Å². The number of likely N-dealkylation sites (N-methyl/N-ethyl adjacent to an activating group) is 1. The fraction of sp³-hybridized carbons (Fsp3) is 0.217. The smallest absolute Gasteiger partial charge is 0.332 e. The maximum Gasteiger partial charge on any atom is 0.332 e. The summed E-state index contributed by atoms with van der Waals surface area (Å²) in [6.45, 7) is 5.48. The van der Waals surface area contributed by atoms with Gasteiger partial charge in [-0.2, -0.15) is 13.5 Å². The summed E-state index contributed by atoms with van der Waals surface area (Å²) < 4.78 is 40.4. The van der Waals surface area contributed by atoms with Gasteiger partial charge in [-0.05, 0) is 67.9 Å². The monoisotopic (exact) mass is 520 g/mol. The fourth-order valence-electron chi connectivity index (χ4n) is 3.19. The topological polar surface area (TPSA) is 114 Å². The Morgan fingerprint density at radius 2 is 1.71 bits per heavy atom. The van der Waals surface area contributed by atoms with Gasteiger partial charge >= 0.3 is 10.2 Å². The van der Waals surface area contributed by atoms with E-state index >= 15 is 0 Å². The molecule has 0 aliphatic rings. The van der Waals surface area contributed by atoms with E-state index < -0.39 is 20.0 Å². The molecule has 0 heterocycles. The summed E-state index contributed by atoms with van der Waals surface area (Å²) in [6.07, 6.45) is 0. The lowest BCUT2D eigenvalue weighted by atomic mass is 10.1. The lowest BCUT2D eigenvalue weighted by Gasteiger charge is -2.24. The average Bonchev–Trinajstić information content (AvgIpc) is 2.81. The molecular weight excluding hydrogens is 499 g/mol. The van der Waals surface area contributed by atoms with Crippen LogP contribution in [0.4, 0.5) is 26.6 Å². The normalized spacial score (nSPS) is 11.5. The number of non-ortho nitro benzene ring substituents is 1. The Morgan fingerprint density at radius 1 is 1.06 bits per heavy atom. The van der Waals surface area contributed by atoms with Gasteiger partial charge in [0.05, 0.1) is 27.1 Å². The van der Waals surface area contributed by atoms with Crippen molar-refractivity contribution in [2.45, 2.75) is 18.7 Å². The quantitative estimate of drug-likeness (QED) is 0.130. The van der Waals surface area contributed by atoms with Crippen molar-refractivity contribution >= 4 is 44.6 Å². The first-order valence-corrected chi connectivity index (χ1v) is 12.2. The van der Waals surface area contributed by atoms with Crippen LogP contribution in [0.2, 0.25) is 5.02 Å². The number of nitrogens with zero attached hydrogens (tertiary/aromatic N) is 4. The first-order valence-electron chi connectivity index (χ1n) is 10.5. The van der Waals surface area contributed by atoms with Crippen LogP contribution in [0.5, 0.6) is 5.75 Å². The van der Waals surface area contributed by atoms with Gasteiger partial charge in [-0.25, -0.2) is 0 Å². The molecule has 35 heavy (non-hydrogen) atoms. The minimum Gasteiger partial charge on any atom is -0.492 e. The Labute approximate surface area is 207 Å². The molecule has 0 unspecified atom stereocenters. The third-order valence-corrected chi connectivity index (χ3v) is 6.21. The zero-order valence-corrected chi connectivity index (χ0v) is 20.5.